The third kappa shape index (κ3) is 7.05. The van der Waals surface area contributed by atoms with Crippen LogP contribution in [0.2, 0.25) is 0 Å². The van der Waals surface area contributed by atoms with Crippen molar-refractivity contribution in [3.8, 4) is 0 Å². The van der Waals surface area contributed by atoms with E-state index in [0.717, 1.165) is 19.6 Å². The first-order valence-electron chi connectivity index (χ1n) is 7.39. The Morgan fingerprint density at radius 1 is 1.06 bits per heavy atom. The van der Waals surface area contributed by atoms with Gasteiger partial charge in [0.2, 0.25) is 0 Å². The lowest BCUT2D eigenvalue weighted by Gasteiger charge is -2.25. The van der Waals surface area contributed by atoms with Crippen LogP contribution in [0.15, 0.2) is 0 Å². The minimum atomic E-state index is 0.0413. The molecule has 1 fully saturated rings. The van der Waals surface area contributed by atoms with Crippen molar-refractivity contribution in [3.05, 3.63) is 0 Å². The van der Waals surface area contributed by atoms with Gasteiger partial charge >= 0.3 is 0 Å². The maximum atomic E-state index is 5.92. The summed E-state index contributed by atoms with van der Waals surface area (Å²) in [6, 6.07) is 0. The summed E-state index contributed by atoms with van der Waals surface area (Å²) in [5.74, 6) is 0. The zero-order chi connectivity index (χ0) is 12.6. The molecule has 0 bridgehead atoms. The maximum absolute atomic E-state index is 5.92. The van der Waals surface area contributed by atoms with E-state index in [9.17, 15) is 0 Å². The van der Waals surface area contributed by atoms with Crippen LogP contribution in [0.4, 0.5) is 0 Å². The van der Waals surface area contributed by atoms with Crippen molar-refractivity contribution in [3.63, 3.8) is 0 Å². The normalized spacial score (nSPS) is 18.5. The molecule has 1 rings (SSSR count). The highest BCUT2D eigenvalue weighted by atomic mass is 16.5. The van der Waals surface area contributed by atoms with Crippen molar-refractivity contribution in [2.24, 2.45) is 0 Å². The second-order valence-corrected chi connectivity index (χ2v) is 5.78. The van der Waals surface area contributed by atoms with Gasteiger partial charge < -0.3 is 9.47 Å². The van der Waals surface area contributed by atoms with E-state index in [1.54, 1.807) is 0 Å². The summed E-state index contributed by atoms with van der Waals surface area (Å²) in [4.78, 5) is 0. The van der Waals surface area contributed by atoms with Crippen LogP contribution in [0, 0.1) is 0 Å². The van der Waals surface area contributed by atoms with Crippen molar-refractivity contribution in [2.75, 3.05) is 13.2 Å². The summed E-state index contributed by atoms with van der Waals surface area (Å²) in [5.41, 5.74) is 0.0413. The Balaban J connectivity index is 1.96. The molecule has 0 aromatic rings. The Bertz CT molecular complexity index is 183. The van der Waals surface area contributed by atoms with Crippen molar-refractivity contribution in [1.82, 2.24) is 0 Å². The van der Waals surface area contributed by atoms with E-state index in [1.165, 1.54) is 44.9 Å². The zero-order valence-corrected chi connectivity index (χ0v) is 12.0. The summed E-state index contributed by atoms with van der Waals surface area (Å²) < 4.78 is 11.6. The zero-order valence-electron chi connectivity index (χ0n) is 12.0. The summed E-state index contributed by atoms with van der Waals surface area (Å²) >= 11 is 0. The van der Waals surface area contributed by atoms with E-state index in [2.05, 4.69) is 20.8 Å². The van der Waals surface area contributed by atoms with Crippen LogP contribution < -0.4 is 0 Å². The van der Waals surface area contributed by atoms with Gasteiger partial charge in [-0.05, 0) is 52.9 Å². The van der Waals surface area contributed by atoms with E-state index in [0.29, 0.717) is 6.10 Å². The molecule has 0 N–H and O–H groups in total. The van der Waals surface area contributed by atoms with Crippen LogP contribution in [0.3, 0.4) is 0 Å². The SMILES string of the molecule is CCOC(C)(C)CCCCOC1CCCCC1. The lowest BCUT2D eigenvalue weighted by molar-refractivity contribution is -0.0213. The number of hydrogen-bond donors (Lipinski definition) is 0. The highest BCUT2D eigenvalue weighted by molar-refractivity contribution is 4.68. The summed E-state index contributed by atoms with van der Waals surface area (Å²) in [7, 11) is 0. The molecule has 0 unspecified atom stereocenters. The minimum Gasteiger partial charge on any atom is -0.378 e. The van der Waals surface area contributed by atoms with Gasteiger partial charge in [-0.15, -0.1) is 0 Å². The van der Waals surface area contributed by atoms with Gasteiger partial charge in [-0.3, -0.25) is 0 Å². The second kappa shape index (κ2) is 8.10. The van der Waals surface area contributed by atoms with E-state index in [1.807, 2.05) is 0 Å². The van der Waals surface area contributed by atoms with Crippen molar-refractivity contribution < 1.29 is 9.47 Å². The van der Waals surface area contributed by atoms with Crippen molar-refractivity contribution in [1.29, 1.82) is 0 Å². The average molecular weight is 242 g/mol. The van der Waals surface area contributed by atoms with Gasteiger partial charge in [-0.25, -0.2) is 0 Å². The van der Waals surface area contributed by atoms with Gasteiger partial charge in [0.05, 0.1) is 11.7 Å². The molecule has 0 radical (unpaired) electrons. The van der Waals surface area contributed by atoms with Crippen molar-refractivity contribution >= 4 is 0 Å². The highest BCUT2D eigenvalue weighted by Crippen LogP contribution is 2.21. The summed E-state index contributed by atoms with van der Waals surface area (Å²) in [6.07, 6.45) is 10.8. The van der Waals surface area contributed by atoms with E-state index < -0.39 is 0 Å². The van der Waals surface area contributed by atoms with Crippen LogP contribution in [0.5, 0.6) is 0 Å². The monoisotopic (exact) mass is 242 g/mol. The molecule has 1 aliphatic carbocycles. The van der Waals surface area contributed by atoms with Gasteiger partial charge in [0, 0.05) is 13.2 Å². The molecule has 0 aliphatic heterocycles. The smallest absolute Gasteiger partial charge is 0.0626 e. The molecule has 0 amide bonds. The third-order valence-corrected chi connectivity index (χ3v) is 3.61. The Hall–Kier alpha value is -0.0800. The Kier molecular flexibility index (Phi) is 7.14. The molecular formula is C15H30O2. The predicted octanol–water partition coefficient (Wildman–Crippen LogP) is 4.32. The van der Waals surface area contributed by atoms with E-state index in [4.69, 9.17) is 9.47 Å². The lowest BCUT2D eigenvalue weighted by Crippen LogP contribution is -2.24. The molecule has 17 heavy (non-hydrogen) atoms. The Morgan fingerprint density at radius 2 is 1.76 bits per heavy atom. The van der Waals surface area contributed by atoms with Gasteiger partial charge in [0.25, 0.3) is 0 Å². The Morgan fingerprint density at radius 3 is 2.41 bits per heavy atom. The van der Waals surface area contributed by atoms with Crippen LogP contribution in [-0.2, 0) is 9.47 Å². The lowest BCUT2D eigenvalue weighted by atomic mass is 9.98. The number of ether oxygens (including phenoxy) is 2. The van der Waals surface area contributed by atoms with E-state index in [-0.39, 0.29) is 5.60 Å². The first-order chi connectivity index (χ1) is 8.14. The van der Waals surface area contributed by atoms with Crippen LogP contribution >= 0.6 is 0 Å². The van der Waals surface area contributed by atoms with Gasteiger partial charge in [-0.2, -0.15) is 0 Å². The van der Waals surface area contributed by atoms with Crippen molar-refractivity contribution in [2.45, 2.75) is 83.8 Å². The first kappa shape index (κ1) is 15.0. The van der Waals surface area contributed by atoms with Gasteiger partial charge in [0.1, 0.15) is 0 Å². The quantitative estimate of drug-likeness (QED) is 0.590. The minimum absolute atomic E-state index is 0.0413. The molecule has 2 heteroatoms. The van der Waals surface area contributed by atoms with Crippen LogP contribution in [-0.4, -0.2) is 24.9 Å². The topological polar surface area (TPSA) is 18.5 Å². The molecule has 0 saturated heterocycles. The summed E-state index contributed by atoms with van der Waals surface area (Å²) in [5, 5.41) is 0. The average Bonchev–Trinajstić information content (AvgIpc) is 2.30. The summed E-state index contributed by atoms with van der Waals surface area (Å²) in [6.45, 7) is 8.17. The maximum Gasteiger partial charge on any atom is 0.0626 e. The standard InChI is InChI=1S/C15H30O2/c1-4-17-15(2,3)12-8-9-13-16-14-10-6-5-7-11-14/h14H,4-13H2,1-3H3. The fraction of sp³-hybridized carbons (Fsp3) is 1.00. The van der Waals surface area contributed by atoms with Crippen LogP contribution in [0.1, 0.15) is 72.1 Å². The van der Waals surface area contributed by atoms with Gasteiger partial charge in [-0.1, -0.05) is 19.3 Å². The van der Waals surface area contributed by atoms with Crippen LogP contribution in [0.25, 0.3) is 0 Å². The Labute approximate surface area is 107 Å². The second-order valence-electron chi connectivity index (χ2n) is 5.78. The molecular weight excluding hydrogens is 212 g/mol. The molecule has 0 aromatic heterocycles. The molecule has 0 heterocycles. The van der Waals surface area contributed by atoms with E-state index >= 15 is 0 Å². The number of hydrogen-bond acceptors (Lipinski definition) is 2. The molecule has 0 aromatic carbocycles. The van der Waals surface area contributed by atoms with Gasteiger partial charge in [0.15, 0.2) is 0 Å². The molecule has 102 valence electrons. The fourth-order valence-electron chi connectivity index (χ4n) is 2.60. The predicted molar refractivity (Wildman–Crippen MR) is 72.4 cm³/mol. The molecule has 0 atom stereocenters. The molecule has 1 aliphatic rings. The molecule has 0 spiro atoms. The molecule has 1 saturated carbocycles. The first-order valence-corrected chi connectivity index (χ1v) is 7.39. The number of unbranched alkanes of at least 4 members (excludes halogenated alkanes) is 1. The highest BCUT2D eigenvalue weighted by Gasteiger charge is 2.17. The third-order valence-electron chi connectivity index (χ3n) is 3.61. The largest absolute Gasteiger partial charge is 0.378 e. The molecule has 2 nitrogen and oxygen atoms in total. The fourth-order valence-corrected chi connectivity index (χ4v) is 2.60. The number of rotatable bonds is 8.